The molecule has 1 amide bonds. The van der Waals surface area contributed by atoms with Crippen LogP contribution in [0, 0.1) is 11.8 Å². The summed E-state index contributed by atoms with van der Waals surface area (Å²) >= 11 is 0. The van der Waals surface area contributed by atoms with E-state index in [1.807, 2.05) is 20.8 Å². The smallest absolute Gasteiger partial charge is 0.410 e. The minimum Gasteiger partial charge on any atom is -0.480 e. The molecule has 3 atom stereocenters. The predicted octanol–water partition coefficient (Wildman–Crippen LogP) is 2.18. The zero-order valence-electron chi connectivity index (χ0n) is 14.3. The number of ether oxygens (including phenoxy) is 1. The molecule has 0 spiro atoms. The van der Waals surface area contributed by atoms with Crippen molar-refractivity contribution in [3.8, 4) is 0 Å². The van der Waals surface area contributed by atoms with E-state index in [1.54, 1.807) is 4.90 Å². The van der Waals surface area contributed by atoms with Crippen molar-refractivity contribution in [3.63, 3.8) is 0 Å². The predicted molar refractivity (Wildman–Crippen MR) is 85.2 cm³/mol. The minimum atomic E-state index is -0.706. The van der Waals surface area contributed by atoms with Crippen molar-refractivity contribution < 1.29 is 19.4 Å². The van der Waals surface area contributed by atoms with Gasteiger partial charge in [0.1, 0.15) is 11.6 Å². The number of hydrogen-bond donors (Lipinski definition) is 1. The molecule has 23 heavy (non-hydrogen) atoms. The first-order chi connectivity index (χ1) is 10.8. The molecule has 2 saturated heterocycles. The summed E-state index contributed by atoms with van der Waals surface area (Å²) in [5.41, 5.74) is -0.492. The number of amides is 1. The number of likely N-dealkylation sites (tertiary alicyclic amines) is 2. The maximum absolute atomic E-state index is 12.2. The highest BCUT2D eigenvalue weighted by Crippen LogP contribution is 2.38. The number of fused-ring (bicyclic) bond motifs is 1. The van der Waals surface area contributed by atoms with Crippen molar-refractivity contribution in [2.45, 2.75) is 64.1 Å². The van der Waals surface area contributed by atoms with Crippen molar-refractivity contribution in [1.29, 1.82) is 0 Å². The number of carbonyl (C=O) groups excluding carboxylic acids is 1. The van der Waals surface area contributed by atoms with Crippen molar-refractivity contribution in [2.24, 2.45) is 11.8 Å². The molecular formula is C17H28N2O4. The van der Waals surface area contributed by atoms with Crippen LogP contribution in [0.3, 0.4) is 0 Å². The van der Waals surface area contributed by atoms with E-state index < -0.39 is 11.6 Å². The van der Waals surface area contributed by atoms with E-state index in [0.717, 1.165) is 32.2 Å². The van der Waals surface area contributed by atoms with Crippen LogP contribution in [0.5, 0.6) is 0 Å². The number of aliphatic carboxylic acids is 1. The normalized spacial score (nSPS) is 30.0. The lowest BCUT2D eigenvalue weighted by Crippen LogP contribution is -2.59. The van der Waals surface area contributed by atoms with E-state index in [-0.39, 0.29) is 24.1 Å². The molecule has 0 unspecified atom stereocenters. The number of hydrogen-bond acceptors (Lipinski definition) is 4. The van der Waals surface area contributed by atoms with E-state index in [1.165, 1.54) is 0 Å². The van der Waals surface area contributed by atoms with E-state index in [0.29, 0.717) is 19.0 Å². The third-order valence-corrected chi connectivity index (χ3v) is 5.39. The fourth-order valence-corrected chi connectivity index (χ4v) is 4.36. The second-order valence-corrected chi connectivity index (χ2v) is 8.24. The Labute approximate surface area is 137 Å². The topological polar surface area (TPSA) is 70.1 Å². The van der Waals surface area contributed by atoms with Gasteiger partial charge in [-0.05, 0) is 39.5 Å². The van der Waals surface area contributed by atoms with Crippen molar-refractivity contribution >= 4 is 12.1 Å². The fraction of sp³-hybridized carbons (Fsp3) is 0.882. The van der Waals surface area contributed by atoms with E-state index in [4.69, 9.17) is 4.74 Å². The van der Waals surface area contributed by atoms with Crippen LogP contribution in [-0.2, 0) is 9.53 Å². The standard InChI is InChI=1S/C17H28N2O4/c1-17(2,3)23-16(22)19-9-12-8-18(10-13(12)19)14(15(20)21)11-6-4-5-7-11/h11-14H,4-10H2,1-3H3,(H,20,21)/t12-,13-,14-/m0/s1. The molecular weight excluding hydrogens is 296 g/mol. The third kappa shape index (κ3) is 3.32. The lowest BCUT2D eigenvalue weighted by atomic mass is 9.93. The zero-order valence-corrected chi connectivity index (χ0v) is 14.3. The molecule has 3 rings (SSSR count). The second-order valence-electron chi connectivity index (χ2n) is 8.24. The first-order valence-corrected chi connectivity index (χ1v) is 8.73. The van der Waals surface area contributed by atoms with Gasteiger partial charge in [0.15, 0.2) is 0 Å². The molecule has 6 nitrogen and oxygen atoms in total. The Morgan fingerprint density at radius 3 is 2.35 bits per heavy atom. The molecule has 3 fully saturated rings. The maximum Gasteiger partial charge on any atom is 0.410 e. The molecule has 3 aliphatic rings. The summed E-state index contributed by atoms with van der Waals surface area (Å²) < 4.78 is 5.44. The molecule has 6 heteroatoms. The van der Waals surface area contributed by atoms with Gasteiger partial charge < -0.3 is 14.7 Å². The Bertz CT molecular complexity index is 481. The lowest BCUT2D eigenvalue weighted by molar-refractivity contribution is -0.145. The Hall–Kier alpha value is -1.30. The van der Waals surface area contributed by atoms with Crippen LogP contribution < -0.4 is 0 Å². The van der Waals surface area contributed by atoms with Crippen LogP contribution in [0.25, 0.3) is 0 Å². The number of carboxylic acids is 1. The monoisotopic (exact) mass is 324 g/mol. The summed E-state index contributed by atoms with van der Waals surface area (Å²) in [5.74, 6) is -0.0484. The molecule has 2 aliphatic heterocycles. The first kappa shape index (κ1) is 16.6. The van der Waals surface area contributed by atoms with Crippen LogP contribution in [0.4, 0.5) is 4.79 Å². The number of rotatable bonds is 3. The molecule has 1 aliphatic carbocycles. The van der Waals surface area contributed by atoms with Gasteiger partial charge in [-0.3, -0.25) is 9.69 Å². The van der Waals surface area contributed by atoms with Gasteiger partial charge in [0, 0.05) is 25.6 Å². The SMILES string of the molecule is CC(C)(C)OC(=O)N1C[C@@H]2CN([C@H](C(=O)O)C3CCCC3)C[C@@H]21. The summed E-state index contributed by atoms with van der Waals surface area (Å²) in [6.45, 7) is 7.74. The highest BCUT2D eigenvalue weighted by Gasteiger charge is 2.52. The third-order valence-electron chi connectivity index (χ3n) is 5.39. The Kier molecular flexibility index (Phi) is 4.29. The van der Waals surface area contributed by atoms with E-state index >= 15 is 0 Å². The second kappa shape index (κ2) is 5.96. The van der Waals surface area contributed by atoms with Gasteiger partial charge >= 0.3 is 12.1 Å². The van der Waals surface area contributed by atoms with Crippen LogP contribution in [-0.4, -0.2) is 64.3 Å². The molecule has 0 aromatic heterocycles. The summed E-state index contributed by atoms with van der Waals surface area (Å²) in [7, 11) is 0. The highest BCUT2D eigenvalue weighted by molar-refractivity contribution is 5.74. The van der Waals surface area contributed by atoms with Gasteiger partial charge in [-0.25, -0.2) is 4.79 Å². The molecule has 0 radical (unpaired) electrons. The van der Waals surface area contributed by atoms with E-state index in [9.17, 15) is 14.7 Å². The van der Waals surface area contributed by atoms with Gasteiger partial charge in [0.05, 0.1) is 6.04 Å². The molecule has 130 valence electrons. The van der Waals surface area contributed by atoms with Crippen molar-refractivity contribution in [3.05, 3.63) is 0 Å². The van der Waals surface area contributed by atoms with Crippen LogP contribution in [0.2, 0.25) is 0 Å². The summed E-state index contributed by atoms with van der Waals surface area (Å²) in [5, 5.41) is 9.67. The molecule has 2 heterocycles. The Morgan fingerprint density at radius 2 is 1.78 bits per heavy atom. The van der Waals surface area contributed by atoms with Gasteiger partial charge in [0.2, 0.25) is 0 Å². The van der Waals surface area contributed by atoms with Crippen LogP contribution in [0.1, 0.15) is 46.5 Å². The lowest BCUT2D eigenvalue weighted by Gasteiger charge is -2.43. The van der Waals surface area contributed by atoms with Crippen molar-refractivity contribution in [2.75, 3.05) is 19.6 Å². The Balaban J connectivity index is 1.62. The number of carboxylic acid groups (broad SMARTS) is 1. The summed E-state index contributed by atoms with van der Waals surface area (Å²) in [6, 6.07) is -0.267. The molecule has 0 aromatic carbocycles. The largest absolute Gasteiger partial charge is 0.480 e. The molecule has 0 aromatic rings. The average Bonchev–Trinajstić information content (AvgIpc) is 2.99. The number of carbonyl (C=O) groups is 2. The Morgan fingerprint density at radius 1 is 1.13 bits per heavy atom. The quantitative estimate of drug-likeness (QED) is 0.861. The van der Waals surface area contributed by atoms with E-state index in [2.05, 4.69) is 4.90 Å². The minimum absolute atomic E-state index is 0.119. The van der Waals surface area contributed by atoms with Gasteiger partial charge in [-0.15, -0.1) is 0 Å². The number of nitrogens with zero attached hydrogens (tertiary/aromatic N) is 2. The summed E-state index contributed by atoms with van der Waals surface area (Å²) in [6.07, 6.45) is 4.03. The van der Waals surface area contributed by atoms with Crippen LogP contribution >= 0.6 is 0 Å². The molecule has 1 N–H and O–H groups in total. The average molecular weight is 324 g/mol. The highest BCUT2D eigenvalue weighted by atomic mass is 16.6. The first-order valence-electron chi connectivity index (χ1n) is 8.73. The summed E-state index contributed by atoms with van der Waals surface area (Å²) in [4.78, 5) is 27.8. The van der Waals surface area contributed by atoms with Gasteiger partial charge in [-0.1, -0.05) is 12.8 Å². The molecule has 0 bridgehead atoms. The van der Waals surface area contributed by atoms with Gasteiger partial charge in [-0.2, -0.15) is 0 Å². The fourth-order valence-electron chi connectivity index (χ4n) is 4.36. The van der Waals surface area contributed by atoms with Crippen molar-refractivity contribution in [1.82, 2.24) is 9.80 Å². The van der Waals surface area contributed by atoms with Gasteiger partial charge in [0.25, 0.3) is 0 Å². The van der Waals surface area contributed by atoms with Crippen LogP contribution in [0.15, 0.2) is 0 Å². The maximum atomic E-state index is 12.2. The zero-order chi connectivity index (χ0) is 16.8. The molecule has 1 saturated carbocycles.